The number of rotatable bonds is 5. The molecule has 4 nitrogen and oxygen atoms in total. The van der Waals surface area contributed by atoms with E-state index >= 15 is 0 Å². The first-order chi connectivity index (χ1) is 12.5. The molecule has 0 aromatic heterocycles. The molecule has 3 rings (SSSR count). The van der Waals surface area contributed by atoms with Gasteiger partial charge >= 0.3 is 0 Å². The molecule has 1 saturated heterocycles. The Morgan fingerprint density at radius 1 is 1.19 bits per heavy atom. The van der Waals surface area contributed by atoms with Gasteiger partial charge in [-0.3, -0.25) is 14.5 Å². The molecule has 0 atom stereocenters. The first-order valence-electron chi connectivity index (χ1n) is 7.90. The second-order valence-corrected chi connectivity index (χ2v) is 8.68. The Balaban J connectivity index is 1.84. The lowest BCUT2D eigenvalue weighted by Crippen LogP contribution is -2.27. The Hall–Kier alpha value is -1.32. The van der Waals surface area contributed by atoms with E-state index in [9.17, 15) is 9.59 Å². The number of hydrogen-bond donors (Lipinski definition) is 0. The summed E-state index contributed by atoms with van der Waals surface area (Å²) >= 11 is 6.67. The van der Waals surface area contributed by atoms with Gasteiger partial charge in [0.1, 0.15) is 12.4 Å². The molecule has 1 aliphatic rings. The number of thioether (sulfide) groups is 1. The van der Waals surface area contributed by atoms with E-state index < -0.39 is 0 Å². The van der Waals surface area contributed by atoms with Crippen molar-refractivity contribution < 1.29 is 14.3 Å². The standard InChI is InChI=1S/C19H15BrINO3S/c1-2-22-18(23)17(26-19(22)24)10-13-9-14(20)5-8-16(13)25-11-12-3-6-15(21)7-4-12/h3-10H,2,11H2,1H3/b17-10+. The molecule has 26 heavy (non-hydrogen) atoms. The second-order valence-electron chi connectivity index (χ2n) is 5.52. The lowest BCUT2D eigenvalue weighted by molar-refractivity contribution is -0.122. The van der Waals surface area contributed by atoms with Crippen LogP contribution in [0.25, 0.3) is 6.08 Å². The fourth-order valence-electron chi connectivity index (χ4n) is 2.42. The van der Waals surface area contributed by atoms with Crippen molar-refractivity contribution in [2.75, 3.05) is 6.54 Å². The first kappa shape index (κ1) is 19.4. The first-order valence-corrected chi connectivity index (χ1v) is 10.6. The summed E-state index contributed by atoms with van der Waals surface area (Å²) in [4.78, 5) is 25.9. The Bertz CT molecular complexity index is 883. The highest BCUT2D eigenvalue weighted by molar-refractivity contribution is 14.1. The molecule has 0 unspecified atom stereocenters. The number of ether oxygens (including phenoxy) is 1. The van der Waals surface area contributed by atoms with Crippen molar-refractivity contribution in [3.05, 3.63) is 66.5 Å². The van der Waals surface area contributed by atoms with Crippen molar-refractivity contribution in [2.24, 2.45) is 0 Å². The average molecular weight is 544 g/mol. The van der Waals surface area contributed by atoms with Crippen LogP contribution in [0.15, 0.2) is 51.8 Å². The summed E-state index contributed by atoms with van der Waals surface area (Å²) in [6.07, 6.45) is 1.72. The van der Waals surface area contributed by atoms with Crippen molar-refractivity contribution in [1.29, 1.82) is 0 Å². The van der Waals surface area contributed by atoms with E-state index in [2.05, 4.69) is 38.5 Å². The molecular weight excluding hydrogens is 529 g/mol. The minimum absolute atomic E-state index is 0.236. The molecule has 2 aromatic carbocycles. The van der Waals surface area contributed by atoms with Gasteiger partial charge in [0.05, 0.1) is 4.91 Å². The zero-order chi connectivity index (χ0) is 18.7. The van der Waals surface area contributed by atoms with Crippen LogP contribution in [-0.2, 0) is 11.4 Å². The van der Waals surface area contributed by atoms with Crippen LogP contribution in [0.1, 0.15) is 18.1 Å². The van der Waals surface area contributed by atoms with Gasteiger partial charge in [-0.15, -0.1) is 0 Å². The number of amides is 2. The van der Waals surface area contributed by atoms with Crippen molar-refractivity contribution in [1.82, 2.24) is 4.90 Å². The SMILES string of the molecule is CCN1C(=O)S/C(=C/c2cc(Br)ccc2OCc2ccc(I)cc2)C1=O. The van der Waals surface area contributed by atoms with Crippen LogP contribution in [0, 0.1) is 3.57 Å². The topological polar surface area (TPSA) is 46.6 Å². The van der Waals surface area contributed by atoms with E-state index in [4.69, 9.17) is 4.74 Å². The fourth-order valence-corrected chi connectivity index (χ4v) is 4.05. The van der Waals surface area contributed by atoms with Gasteiger partial charge in [0.25, 0.3) is 11.1 Å². The van der Waals surface area contributed by atoms with Gasteiger partial charge in [0.2, 0.25) is 0 Å². The zero-order valence-corrected chi connectivity index (χ0v) is 18.4. The molecule has 1 heterocycles. The maximum atomic E-state index is 12.3. The summed E-state index contributed by atoms with van der Waals surface area (Å²) in [6.45, 7) is 2.58. The van der Waals surface area contributed by atoms with Gasteiger partial charge in [0.15, 0.2) is 0 Å². The third kappa shape index (κ3) is 4.50. The van der Waals surface area contributed by atoms with Crippen LogP contribution in [0.4, 0.5) is 4.79 Å². The fraction of sp³-hybridized carbons (Fsp3) is 0.158. The molecule has 1 aliphatic heterocycles. The molecule has 1 fully saturated rings. The molecule has 0 saturated carbocycles. The number of carbonyl (C=O) groups excluding carboxylic acids is 2. The molecule has 0 spiro atoms. The minimum atomic E-state index is -0.258. The van der Waals surface area contributed by atoms with Crippen molar-refractivity contribution in [2.45, 2.75) is 13.5 Å². The van der Waals surface area contributed by atoms with E-state index in [0.29, 0.717) is 23.8 Å². The van der Waals surface area contributed by atoms with Crippen molar-refractivity contribution in [3.8, 4) is 5.75 Å². The predicted octanol–water partition coefficient (Wildman–Crippen LogP) is 5.69. The highest BCUT2D eigenvalue weighted by atomic mass is 127. The smallest absolute Gasteiger partial charge is 0.293 e. The van der Waals surface area contributed by atoms with Gasteiger partial charge in [-0.05, 0) is 83.2 Å². The average Bonchev–Trinajstić information content (AvgIpc) is 2.88. The maximum Gasteiger partial charge on any atom is 0.293 e. The summed E-state index contributed by atoms with van der Waals surface area (Å²) in [6, 6.07) is 13.7. The lowest BCUT2D eigenvalue weighted by atomic mass is 10.1. The summed E-state index contributed by atoms with van der Waals surface area (Å²) in [5.74, 6) is 0.404. The zero-order valence-electron chi connectivity index (χ0n) is 13.9. The molecule has 2 aromatic rings. The van der Waals surface area contributed by atoms with Gasteiger partial charge in [-0.25, -0.2) is 0 Å². The van der Waals surface area contributed by atoms with E-state index in [1.165, 1.54) is 8.47 Å². The molecule has 0 radical (unpaired) electrons. The summed E-state index contributed by atoms with van der Waals surface area (Å²) in [5.41, 5.74) is 1.82. The largest absolute Gasteiger partial charge is 0.488 e. The number of imide groups is 1. The number of benzene rings is 2. The van der Waals surface area contributed by atoms with E-state index in [-0.39, 0.29) is 11.1 Å². The maximum absolute atomic E-state index is 12.3. The van der Waals surface area contributed by atoms with E-state index in [1.54, 1.807) is 13.0 Å². The summed E-state index contributed by atoms with van der Waals surface area (Å²) in [7, 11) is 0. The van der Waals surface area contributed by atoms with Crippen LogP contribution < -0.4 is 4.74 Å². The highest BCUT2D eigenvalue weighted by Gasteiger charge is 2.33. The molecule has 0 N–H and O–H groups in total. The summed E-state index contributed by atoms with van der Waals surface area (Å²) < 4.78 is 8.00. The highest BCUT2D eigenvalue weighted by Crippen LogP contribution is 2.34. The summed E-state index contributed by atoms with van der Waals surface area (Å²) in [5, 5.41) is -0.236. The van der Waals surface area contributed by atoms with Crippen LogP contribution in [0.2, 0.25) is 0 Å². The molecule has 134 valence electrons. The number of nitrogens with zero attached hydrogens (tertiary/aromatic N) is 1. The minimum Gasteiger partial charge on any atom is -0.488 e. The Morgan fingerprint density at radius 2 is 1.92 bits per heavy atom. The van der Waals surface area contributed by atoms with Crippen molar-refractivity contribution in [3.63, 3.8) is 0 Å². The quantitative estimate of drug-likeness (QED) is 0.359. The Kier molecular flexibility index (Phi) is 6.42. The van der Waals surface area contributed by atoms with Crippen LogP contribution in [-0.4, -0.2) is 22.6 Å². The number of hydrogen-bond acceptors (Lipinski definition) is 4. The van der Waals surface area contributed by atoms with Crippen LogP contribution in [0.5, 0.6) is 5.75 Å². The van der Waals surface area contributed by atoms with Gasteiger partial charge in [0, 0.05) is 20.2 Å². The molecule has 7 heteroatoms. The third-order valence-electron chi connectivity index (χ3n) is 3.76. The Morgan fingerprint density at radius 3 is 2.58 bits per heavy atom. The van der Waals surface area contributed by atoms with Crippen LogP contribution in [0.3, 0.4) is 0 Å². The number of carbonyl (C=O) groups is 2. The van der Waals surface area contributed by atoms with E-state index in [1.807, 2.05) is 42.5 Å². The van der Waals surface area contributed by atoms with Crippen molar-refractivity contribution >= 4 is 67.5 Å². The molecular formula is C19H15BrINO3S. The number of halogens is 2. The predicted molar refractivity (Wildman–Crippen MR) is 116 cm³/mol. The molecule has 0 bridgehead atoms. The van der Waals surface area contributed by atoms with E-state index in [0.717, 1.165) is 27.4 Å². The second kappa shape index (κ2) is 8.58. The van der Waals surface area contributed by atoms with Gasteiger partial charge in [-0.2, -0.15) is 0 Å². The molecule has 0 aliphatic carbocycles. The van der Waals surface area contributed by atoms with Gasteiger partial charge < -0.3 is 4.74 Å². The number of likely N-dealkylation sites (N-methyl/N-ethyl adjacent to an activating group) is 1. The van der Waals surface area contributed by atoms with Gasteiger partial charge in [-0.1, -0.05) is 28.1 Å². The monoisotopic (exact) mass is 543 g/mol. The third-order valence-corrected chi connectivity index (χ3v) is 5.88. The lowest BCUT2D eigenvalue weighted by Gasteiger charge is -2.11. The van der Waals surface area contributed by atoms with Crippen LogP contribution >= 0.6 is 50.3 Å². The normalized spacial score (nSPS) is 15.8. The molecule has 2 amide bonds. The Labute approximate surface area is 178 Å².